The van der Waals surface area contributed by atoms with Crippen molar-refractivity contribution in [2.75, 3.05) is 24.5 Å². The summed E-state index contributed by atoms with van der Waals surface area (Å²) in [6.45, 7) is 5.84. The highest BCUT2D eigenvalue weighted by atomic mass is 16.2. The van der Waals surface area contributed by atoms with Crippen LogP contribution in [0.2, 0.25) is 0 Å². The molecule has 17 heavy (non-hydrogen) atoms. The van der Waals surface area contributed by atoms with Gasteiger partial charge in [0.15, 0.2) is 0 Å². The van der Waals surface area contributed by atoms with Crippen molar-refractivity contribution in [2.24, 2.45) is 5.73 Å². The molecule has 0 fully saturated rings. The summed E-state index contributed by atoms with van der Waals surface area (Å²) in [5.74, 6) is 0.525. The maximum absolute atomic E-state index is 11.5. The largest absolute Gasteiger partial charge is 0.355 e. The quantitative estimate of drug-likeness (QED) is 0.721. The number of likely N-dealkylation sites (N-methyl/N-ethyl adjacent to an activating group) is 2. The zero-order valence-corrected chi connectivity index (χ0v) is 10.3. The predicted molar refractivity (Wildman–Crippen MR) is 66.5 cm³/mol. The fourth-order valence-corrected chi connectivity index (χ4v) is 1.37. The molecular weight excluding hydrogens is 218 g/mol. The monoisotopic (exact) mass is 237 g/mol. The standard InChI is InChI=1S/C11H19N5O/c1-3-13-10(17)8-16(4-2)11-14-6-9(5-12)7-15-11/h6-7H,3-5,8,12H2,1-2H3,(H,13,17). The molecule has 0 aliphatic rings. The molecule has 0 atom stereocenters. The molecule has 1 amide bonds. The SMILES string of the molecule is CCNC(=O)CN(CC)c1ncc(CN)cn1. The van der Waals surface area contributed by atoms with Crippen LogP contribution in [-0.2, 0) is 11.3 Å². The third kappa shape index (κ3) is 3.99. The molecule has 0 aliphatic carbocycles. The number of hydrogen-bond acceptors (Lipinski definition) is 5. The van der Waals surface area contributed by atoms with Gasteiger partial charge in [0.25, 0.3) is 0 Å². The molecule has 3 N–H and O–H groups in total. The normalized spacial score (nSPS) is 10.1. The molecule has 0 aliphatic heterocycles. The van der Waals surface area contributed by atoms with Gasteiger partial charge in [-0.1, -0.05) is 0 Å². The van der Waals surface area contributed by atoms with Gasteiger partial charge in [0.1, 0.15) is 0 Å². The summed E-state index contributed by atoms with van der Waals surface area (Å²) in [6.07, 6.45) is 3.37. The van der Waals surface area contributed by atoms with Gasteiger partial charge in [-0.05, 0) is 13.8 Å². The second-order valence-electron chi connectivity index (χ2n) is 3.56. The Bertz CT molecular complexity index is 351. The molecule has 0 spiro atoms. The van der Waals surface area contributed by atoms with E-state index in [0.717, 1.165) is 5.56 Å². The molecule has 0 aromatic carbocycles. The van der Waals surface area contributed by atoms with Crippen LogP contribution in [0.4, 0.5) is 5.95 Å². The lowest BCUT2D eigenvalue weighted by atomic mass is 10.3. The van der Waals surface area contributed by atoms with Crippen LogP contribution in [0.5, 0.6) is 0 Å². The van der Waals surface area contributed by atoms with Gasteiger partial charge < -0.3 is 16.0 Å². The first kappa shape index (κ1) is 13.4. The maximum Gasteiger partial charge on any atom is 0.239 e. The fraction of sp³-hybridized carbons (Fsp3) is 0.545. The van der Waals surface area contributed by atoms with E-state index < -0.39 is 0 Å². The highest BCUT2D eigenvalue weighted by Crippen LogP contribution is 2.06. The maximum atomic E-state index is 11.5. The highest BCUT2D eigenvalue weighted by molar-refractivity contribution is 5.80. The first-order chi connectivity index (χ1) is 8.21. The molecule has 6 heteroatoms. The van der Waals surface area contributed by atoms with Crippen LogP contribution in [0.3, 0.4) is 0 Å². The minimum Gasteiger partial charge on any atom is -0.355 e. The second kappa shape index (κ2) is 6.80. The number of nitrogens with one attached hydrogen (secondary N) is 1. The average Bonchev–Trinajstić information content (AvgIpc) is 2.36. The molecule has 0 bridgehead atoms. The Labute approximate surface area is 101 Å². The van der Waals surface area contributed by atoms with Crippen LogP contribution in [-0.4, -0.2) is 35.5 Å². The first-order valence-corrected chi connectivity index (χ1v) is 5.73. The van der Waals surface area contributed by atoms with Crippen molar-refractivity contribution in [2.45, 2.75) is 20.4 Å². The fourth-order valence-electron chi connectivity index (χ4n) is 1.37. The van der Waals surface area contributed by atoms with E-state index in [1.54, 1.807) is 12.4 Å². The van der Waals surface area contributed by atoms with Gasteiger partial charge in [-0.2, -0.15) is 0 Å². The Morgan fingerprint density at radius 3 is 2.53 bits per heavy atom. The van der Waals surface area contributed by atoms with E-state index in [4.69, 9.17) is 5.73 Å². The van der Waals surface area contributed by atoms with Gasteiger partial charge in [-0.15, -0.1) is 0 Å². The van der Waals surface area contributed by atoms with Gasteiger partial charge >= 0.3 is 0 Å². The van der Waals surface area contributed by atoms with E-state index in [-0.39, 0.29) is 12.5 Å². The van der Waals surface area contributed by atoms with Crippen LogP contribution in [0.25, 0.3) is 0 Å². The number of carbonyl (C=O) groups excluding carboxylic acids is 1. The zero-order valence-electron chi connectivity index (χ0n) is 10.3. The van der Waals surface area contributed by atoms with E-state index in [0.29, 0.717) is 25.6 Å². The molecule has 1 heterocycles. The van der Waals surface area contributed by atoms with Crippen LogP contribution in [0.15, 0.2) is 12.4 Å². The average molecular weight is 237 g/mol. The van der Waals surface area contributed by atoms with Crippen LogP contribution < -0.4 is 16.0 Å². The Hall–Kier alpha value is -1.69. The summed E-state index contributed by atoms with van der Waals surface area (Å²) in [5, 5.41) is 2.75. The smallest absolute Gasteiger partial charge is 0.239 e. The number of carbonyl (C=O) groups is 1. The molecule has 6 nitrogen and oxygen atoms in total. The van der Waals surface area contributed by atoms with Crippen LogP contribution in [0, 0.1) is 0 Å². The van der Waals surface area contributed by atoms with Crippen molar-refractivity contribution in [3.05, 3.63) is 18.0 Å². The Morgan fingerprint density at radius 2 is 2.06 bits per heavy atom. The second-order valence-corrected chi connectivity index (χ2v) is 3.56. The lowest BCUT2D eigenvalue weighted by molar-refractivity contribution is -0.119. The summed E-state index contributed by atoms with van der Waals surface area (Å²) in [4.78, 5) is 21.7. The number of amides is 1. The first-order valence-electron chi connectivity index (χ1n) is 5.73. The number of nitrogens with two attached hydrogens (primary N) is 1. The Balaban J connectivity index is 2.68. The summed E-state index contributed by atoms with van der Waals surface area (Å²) >= 11 is 0. The van der Waals surface area contributed by atoms with Gasteiger partial charge in [0.2, 0.25) is 11.9 Å². The van der Waals surface area contributed by atoms with E-state index in [9.17, 15) is 4.79 Å². The molecule has 0 radical (unpaired) electrons. The van der Waals surface area contributed by atoms with E-state index >= 15 is 0 Å². The molecular formula is C11H19N5O. The zero-order chi connectivity index (χ0) is 12.7. The van der Waals surface area contributed by atoms with E-state index in [1.807, 2.05) is 18.7 Å². The topological polar surface area (TPSA) is 84.1 Å². The number of hydrogen-bond donors (Lipinski definition) is 2. The summed E-state index contributed by atoms with van der Waals surface area (Å²) < 4.78 is 0. The minimum absolute atomic E-state index is 0.0270. The lowest BCUT2D eigenvalue weighted by Gasteiger charge is -2.19. The number of rotatable bonds is 6. The van der Waals surface area contributed by atoms with Gasteiger partial charge in [0, 0.05) is 37.6 Å². The van der Waals surface area contributed by atoms with Crippen molar-refractivity contribution < 1.29 is 4.79 Å². The van der Waals surface area contributed by atoms with Gasteiger partial charge in [-0.25, -0.2) is 9.97 Å². The predicted octanol–water partition coefficient (Wildman–Crippen LogP) is -0.102. The van der Waals surface area contributed by atoms with Crippen molar-refractivity contribution in [3.8, 4) is 0 Å². The number of aromatic nitrogens is 2. The molecule has 1 rings (SSSR count). The van der Waals surface area contributed by atoms with Crippen molar-refractivity contribution in [3.63, 3.8) is 0 Å². The Morgan fingerprint density at radius 1 is 1.41 bits per heavy atom. The molecule has 0 saturated carbocycles. The van der Waals surface area contributed by atoms with Crippen molar-refractivity contribution >= 4 is 11.9 Å². The van der Waals surface area contributed by atoms with Gasteiger partial charge in [0.05, 0.1) is 6.54 Å². The third-order valence-corrected chi connectivity index (χ3v) is 2.30. The Kier molecular flexibility index (Phi) is 5.35. The summed E-state index contributed by atoms with van der Waals surface area (Å²) in [5.41, 5.74) is 6.35. The lowest BCUT2D eigenvalue weighted by Crippen LogP contribution is -2.37. The van der Waals surface area contributed by atoms with Crippen LogP contribution >= 0.6 is 0 Å². The van der Waals surface area contributed by atoms with Gasteiger partial charge in [-0.3, -0.25) is 4.79 Å². The molecule has 1 aromatic rings. The van der Waals surface area contributed by atoms with Crippen molar-refractivity contribution in [1.82, 2.24) is 15.3 Å². The number of anilines is 1. The number of nitrogens with zero attached hydrogens (tertiary/aromatic N) is 3. The third-order valence-electron chi connectivity index (χ3n) is 2.30. The minimum atomic E-state index is -0.0270. The molecule has 0 unspecified atom stereocenters. The summed E-state index contributed by atoms with van der Waals surface area (Å²) in [6, 6.07) is 0. The summed E-state index contributed by atoms with van der Waals surface area (Å²) in [7, 11) is 0. The molecule has 0 saturated heterocycles. The van der Waals surface area contributed by atoms with E-state index in [2.05, 4.69) is 15.3 Å². The molecule has 94 valence electrons. The molecule has 1 aromatic heterocycles. The van der Waals surface area contributed by atoms with Crippen molar-refractivity contribution in [1.29, 1.82) is 0 Å². The van der Waals surface area contributed by atoms with E-state index in [1.165, 1.54) is 0 Å². The highest BCUT2D eigenvalue weighted by Gasteiger charge is 2.11. The van der Waals surface area contributed by atoms with Crippen LogP contribution in [0.1, 0.15) is 19.4 Å².